The molecule has 0 N–H and O–H groups in total. The molecule has 1 atom stereocenters. The van der Waals surface area contributed by atoms with E-state index in [1.807, 2.05) is 29.2 Å². The summed E-state index contributed by atoms with van der Waals surface area (Å²) in [7, 11) is 0. The lowest BCUT2D eigenvalue weighted by molar-refractivity contribution is -0.129. The number of hydrogen-bond acceptors (Lipinski definition) is 3. The molecule has 1 aromatic heterocycles. The molecule has 1 unspecified atom stereocenters. The third kappa shape index (κ3) is 2.75. The van der Waals surface area contributed by atoms with Gasteiger partial charge in [-0.1, -0.05) is 12.1 Å². The van der Waals surface area contributed by atoms with Crippen LogP contribution in [-0.4, -0.2) is 28.4 Å². The SMILES string of the molecule is CC1CCCCN1C(=O)C=Cc1nc2ccccc2s1. The van der Waals surface area contributed by atoms with Gasteiger partial charge >= 0.3 is 0 Å². The Balaban J connectivity index is 1.74. The molecule has 1 amide bonds. The van der Waals surface area contributed by atoms with Gasteiger partial charge in [-0.15, -0.1) is 11.3 Å². The second-order valence-electron chi connectivity index (χ2n) is 5.23. The van der Waals surface area contributed by atoms with Crippen LogP contribution in [0.1, 0.15) is 31.2 Å². The average molecular weight is 286 g/mol. The number of amides is 1. The number of piperidine rings is 1. The van der Waals surface area contributed by atoms with Gasteiger partial charge in [0.25, 0.3) is 0 Å². The predicted octanol–water partition coefficient (Wildman–Crippen LogP) is 3.71. The molecule has 0 bridgehead atoms. The first-order chi connectivity index (χ1) is 9.74. The second kappa shape index (κ2) is 5.75. The van der Waals surface area contributed by atoms with Crippen LogP contribution in [0, 0.1) is 0 Å². The number of para-hydroxylation sites is 1. The molecular formula is C16H18N2OS. The summed E-state index contributed by atoms with van der Waals surface area (Å²) >= 11 is 1.62. The van der Waals surface area contributed by atoms with Crippen molar-refractivity contribution in [3.63, 3.8) is 0 Å². The molecule has 20 heavy (non-hydrogen) atoms. The highest BCUT2D eigenvalue weighted by Crippen LogP contribution is 2.23. The van der Waals surface area contributed by atoms with Crippen LogP contribution < -0.4 is 0 Å². The van der Waals surface area contributed by atoms with Gasteiger partial charge < -0.3 is 4.90 Å². The monoisotopic (exact) mass is 286 g/mol. The topological polar surface area (TPSA) is 33.2 Å². The molecule has 1 aliphatic heterocycles. The van der Waals surface area contributed by atoms with Gasteiger partial charge in [-0.25, -0.2) is 4.98 Å². The number of nitrogens with zero attached hydrogens (tertiary/aromatic N) is 2. The summed E-state index contributed by atoms with van der Waals surface area (Å²) < 4.78 is 1.16. The Kier molecular flexibility index (Phi) is 3.83. The maximum absolute atomic E-state index is 12.2. The first-order valence-electron chi connectivity index (χ1n) is 7.08. The molecule has 4 heteroatoms. The molecule has 0 aliphatic carbocycles. The number of fused-ring (bicyclic) bond motifs is 1. The van der Waals surface area contributed by atoms with Gasteiger partial charge in [-0.05, 0) is 44.4 Å². The lowest BCUT2D eigenvalue weighted by Gasteiger charge is -2.32. The minimum Gasteiger partial charge on any atom is -0.336 e. The first-order valence-corrected chi connectivity index (χ1v) is 7.90. The molecular weight excluding hydrogens is 268 g/mol. The van der Waals surface area contributed by atoms with Crippen molar-refractivity contribution in [2.75, 3.05) is 6.54 Å². The molecule has 2 heterocycles. The number of aromatic nitrogens is 1. The van der Waals surface area contributed by atoms with Crippen molar-refractivity contribution in [1.82, 2.24) is 9.88 Å². The van der Waals surface area contributed by atoms with Crippen molar-refractivity contribution >= 4 is 33.5 Å². The summed E-state index contributed by atoms with van der Waals surface area (Å²) in [6, 6.07) is 8.40. The Morgan fingerprint density at radius 2 is 2.25 bits per heavy atom. The number of carbonyl (C=O) groups is 1. The number of likely N-dealkylation sites (tertiary alicyclic amines) is 1. The van der Waals surface area contributed by atoms with E-state index >= 15 is 0 Å². The minimum absolute atomic E-state index is 0.108. The lowest BCUT2D eigenvalue weighted by Crippen LogP contribution is -2.41. The zero-order valence-corrected chi connectivity index (χ0v) is 12.4. The van der Waals surface area contributed by atoms with Crippen molar-refractivity contribution in [3.05, 3.63) is 35.3 Å². The molecule has 1 fully saturated rings. The summed E-state index contributed by atoms with van der Waals surface area (Å²) in [6.45, 7) is 3.01. The van der Waals surface area contributed by atoms with Crippen molar-refractivity contribution in [3.8, 4) is 0 Å². The average Bonchev–Trinajstić information content (AvgIpc) is 2.88. The van der Waals surface area contributed by atoms with E-state index in [4.69, 9.17) is 0 Å². The van der Waals surface area contributed by atoms with Crippen LogP contribution in [0.25, 0.3) is 16.3 Å². The van der Waals surface area contributed by atoms with Crippen LogP contribution in [0.4, 0.5) is 0 Å². The quantitative estimate of drug-likeness (QED) is 0.788. The summed E-state index contributed by atoms with van der Waals surface area (Å²) in [5, 5.41) is 0.893. The van der Waals surface area contributed by atoms with Gasteiger partial charge in [0.15, 0.2) is 0 Å². The van der Waals surface area contributed by atoms with Crippen LogP contribution in [-0.2, 0) is 4.79 Å². The fourth-order valence-corrected chi connectivity index (χ4v) is 3.50. The Hall–Kier alpha value is -1.68. The van der Waals surface area contributed by atoms with Crippen molar-refractivity contribution in [2.45, 2.75) is 32.2 Å². The van der Waals surface area contributed by atoms with E-state index in [0.717, 1.165) is 34.6 Å². The second-order valence-corrected chi connectivity index (χ2v) is 6.29. The lowest BCUT2D eigenvalue weighted by atomic mass is 10.0. The number of benzene rings is 1. The Bertz CT molecular complexity index is 614. The molecule has 1 aliphatic rings. The summed E-state index contributed by atoms with van der Waals surface area (Å²) in [4.78, 5) is 18.7. The molecule has 2 aromatic rings. The minimum atomic E-state index is 0.108. The Morgan fingerprint density at radius 3 is 3.05 bits per heavy atom. The maximum Gasteiger partial charge on any atom is 0.246 e. The maximum atomic E-state index is 12.2. The number of carbonyl (C=O) groups excluding carboxylic acids is 1. The van der Waals surface area contributed by atoms with E-state index in [-0.39, 0.29) is 5.91 Å². The highest BCUT2D eigenvalue weighted by Gasteiger charge is 2.21. The van der Waals surface area contributed by atoms with Gasteiger partial charge in [0.2, 0.25) is 5.91 Å². The third-order valence-corrected chi connectivity index (χ3v) is 4.77. The molecule has 1 aromatic carbocycles. The van der Waals surface area contributed by atoms with Gasteiger partial charge in [0.05, 0.1) is 10.2 Å². The van der Waals surface area contributed by atoms with Crippen molar-refractivity contribution < 1.29 is 4.79 Å². The van der Waals surface area contributed by atoms with E-state index in [0.29, 0.717) is 6.04 Å². The summed E-state index contributed by atoms with van der Waals surface area (Å²) in [5.74, 6) is 0.108. The molecule has 0 saturated carbocycles. The standard InChI is InChI=1S/C16H18N2OS/c1-12-6-4-5-11-18(12)16(19)10-9-15-17-13-7-2-3-8-14(13)20-15/h2-3,7-10,12H,4-6,11H2,1H3. The molecule has 3 rings (SSSR count). The smallest absolute Gasteiger partial charge is 0.246 e. The van der Waals surface area contributed by atoms with Crippen LogP contribution in [0.2, 0.25) is 0 Å². The van der Waals surface area contributed by atoms with Crippen LogP contribution in [0.5, 0.6) is 0 Å². The van der Waals surface area contributed by atoms with Crippen molar-refractivity contribution in [1.29, 1.82) is 0 Å². The first kappa shape index (κ1) is 13.3. The van der Waals surface area contributed by atoms with E-state index in [1.165, 1.54) is 6.42 Å². The Labute approximate surface area is 122 Å². The van der Waals surface area contributed by atoms with Gasteiger partial charge in [0.1, 0.15) is 5.01 Å². The normalized spacial score (nSPS) is 19.9. The van der Waals surface area contributed by atoms with Gasteiger partial charge in [-0.2, -0.15) is 0 Å². The van der Waals surface area contributed by atoms with Crippen molar-refractivity contribution in [2.24, 2.45) is 0 Å². The van der Waals surface area contributed by atoms with E-state index < -0.39 is 0 Å². The summed E-state index contributed by atoms with van der Waals surface area (Å²) in [5.41, 5.74) is 0.996. The van der Waals surface area contributed by atoms with Crippen LogP contribution >= 0.6 is 11.3 Å². The van der Waals surface area contributed by atoms with E-state index in [2.05, 4.69) is 18.0 Å². The van der Waals surface area contributed by atoms with E-state index in [9.17, 15) is 4.79 Å². The zero-order valence-electron chi connectivity index (χ0n) is 11.6. The zero-order chi connectivity index (χ0) is 13.9. The van der Waals surface area contributed by atoms with Gasteiger partial charge in [0, 0.05) is 18.7 Å². The molecule has 0 spiro atoms. The van der Waals surface area contributed by atoms with Gasteiger partial charge in [-0.3, -0.25) is 4.79 Å². The number of rotatable bonds is 2. The fourth-order valence-electron chi connectivity index (χ4n) is 2.63. The van der Waals surface area contributed by atoms with E-state index in [1.54, 1.807) is 17.4 Å². The molecule has 1 saturated heterocycles. The van der Waals surface area contributed by atoms with Crippen LogP contribution in [0.3, 0.4) is 0 Å². The third-order valence-electron chi connectivity index (χ3n) is 3.76. The number of hydrogen-bond donors (Lipinski definition) is 0. The molecule has 104 valence electrons. The summed E-state index contributed by atoms with van der Waals surface area (Å²) in [6.07, 6.45) is 6.96. The highest BCUT2D eigenvalue weighted by atomic mass is 32.1. The fraction of sp³-hybridized carbons (Fsp3) is 0.375. The predicted molar refractivity (Wildman–Crippen MR) is 83.7 cm³/mol. The molecule has 3 nitrogen and oxygen atoms in total. The Morgan fingerprint density at radius 1 is 1.40 bits per heavy atom. The number of thiazole rings is 1. The largest absolute Gasteiger partial charge is 0.336 e. The van der Waals surface area contributed by atoms with Crippen LogP contribution in [0.15, 0.2) is 30.3 Å². The highest BCUT2D eigenvalue weighted by molar-refractivity contribution is 7.19. The molecule has 0 radical (unpaired) electrons.